The van der Waals surface area contributed by atoms with Gasteiger partial charge in [0.05, 0.1) is 18.8 Å². The van der Waals surface area contributed by atoms with E-state index in [0.717, 1.165) is 0 Å². The maximum absolute atomic E-state index is 9.31. The first kappa shape index (κ1) is 8.97. The summed E-state index contributed by atoms with van der Waals surface area (Å²) in [6.45, 7) is 4.42. The lowest BCUT2D eigenvalue weighted by molar-refractivity contribution is 0.0277. The van der Waals surface area contributed by atoms with Crippen molar-refractivity contribution in [2.45, 2.75) is 26.1 Å². The first-order chi connectivity index (χ1) is 5.16. The number of rotatable bonds is 2. The molecule has 0 radical (unpaired) electrons. The molecule has 1 rings (SSSR count). The number of ether oxygens (including phenoxy) is 1. The van der Waals surface area contributed by atoms with Gasteiger partial charge in [-0.25, -0.2) is 0 Å². The van der Waals surface area contributed by atoms with Gasteiger partial charge in [-0.1, -0.05) is 13.8 Å². The molecule has 3 nitrogen and oxygen atoms in total. The van der Waals surface area contributed by atoms with Crippen molar-refractivity contribution in [1.29, 1.82) is 0 Å². The Labute approximate surface area is 67.0 Å². The fourth-order valence-corrected chi connectivity index (χ4v) is 1.52. The minimum Gasteiger partial charge on any atom is -0.396 e. The molecule has 1 heterocycles. The molecule has 1 saturated heterocycles. The van der Waals surface area contributed by atoms with Crippen molar-refractivity contribution in [3.63, 3.8) is 0 Å². The minimum absolute atomic E-state index is 0.0231. The Kier molecular flexibility index (Phi) is 2.87. The Hall–Kier alpha value is -0.120. The first-order valence-corrected chi connectivity index (χ1v) is 4.07. The van der Waals surface area contributed by atoms with Crippen molar-refractivity contribution in [3.8, 4) is 0 Å². The lowest BCUT2D eigenvalue weighted by Gasteiger charge is -2.20. The van der Waals surface area contributed by atoms with E-state index in [0.29, 0.717) is 6.61 Å². The molecule has 66 valence electrons. The zero-order chi connectivity index (χ0) is 8.43. The SMILES string of the molecule is C[C@H]1[C@@H]([C@H](C)CO)OC[C@@H]1O. The van der Waals surface area contributed by atoms with Crippen molar-refractivity contribution in [3.05, 3.63) is 0 Å². The molecular formula is C8H16O3. The molecule has 0 aromatic carbocycles. The van der Waals surface area contributed by atoms with Crippen molar-refractivity contribution in [2.75, 3.05) is 13.2 Å². The van der Waals surface area contributed by atoms with Crippen molar-refractivity contribution >= 4 is 0 Å². The maximum atomic E-state index is 9.31. The summed E-state index contributed by atoms with van der Waals surface area (Å²) < 4.78 is 5.32. The van der Waals surface area contributed by atoms with Gasteiger partial charge in [-0.3, -0.25) is 0 Å². The molecule has 0 saturated carbocycles. The fraction of sp³-hybridized carbons (Fsp3) is 1.00. The van der Waals surface area contributed by atoms with Gasteiger partial charge in [0.2, 0.25) is 0 Å². The Morgan fingerprint density at radius 3 is 2.64 bits per heavy atom. The van der Waals surface area contributed by atoms with Crippen molar-refractivity contribution in [2.24, 2.45) is 11.8 Å². The molecule has 1 aliphatic rings. The highest BCUT2D eigenvalue weighted by molar-refractivity contribution is 4.83. The van der Waals surface area contributed by atoms with Gasteiger partial charge < -0.3 is 14.9 Å². The van der Waals surface area contributed by atoms with Crippen molar-refractivity contribution < 1.29 is 14.9 Å². The summed E-state index contributed by atoms with van der Waals surface area (Å²) in [5.74, 6) is 0.277. The summed E-state index contributed by atoms with van der Waals surface area (Å²) in [5, 5.41) is 18.1. The summed E-state index contributed by atoms with van der Waals surface area (Å²) in [7, 11) is 0. The van der Waals surface area contributed by atoms with E-state index < -0.39 is 0 Å². The molecule has 3 heteroatoms. The second-order valence-corrected chi connectivity index (χ2v) is 3.38. The topological polar surface area (TPSA) is 49.7 Å². The lowest BCUT2D eigenvalue weighted by Crippen LogP contribution is -2.28. The van der Waals surface area contributed by atoms with Crippen molar-refractivity contribution in [1.82, 2.24) is 0 Å². The van der Waals surface area contributed by atoms with Crippen LogP contribution in [0.15, 0.2) is 0 Å². The maximum Gasteiger partial charge on any atom is 0.0824 e. The molecule has 0 aliphatic carbocycles. The van der Waals surface area contributed by atoms with E-state index in [4.69, 9.17) is 9.84 Å². The summed E-state index contributed by atoms with van der Waals surface area (Å²) in [6.07, 6.45) is -0.330. The summed E-state index contributed by atoms with van der Waals surface area (Å²) in [5.41, 5.74) is 0. The zero-order valence-corrected chi connectivity index (χ0v) is 7.03. The van der Waals surface area contributed by atoms with Crippen LogP contribution in [-0.2, 0) is 4.74 Å². The van der Waals surface area contributed by atoms with E-state index in [9.17, 15) is 5.11 Å². The quantitative estimate of drug-likeness (QED) is 0.598. The number of aliphatic hydroxyl groups is 2. The molecule has 0 unspecified atom stereocenters. The van der Waals surface area contributed by atoms with Gasteiger partial charge >= 0.3 is 0 Å². The van der Waals surface area contributed by atoms with Gasteiger partial charge in [0.15, 0.2) is 0 Å². The molecule has 0 aromatic rings. The Balaban J connectivity index is 2.47. The van der Waals surface area contributed by atoms with Crippen LogP contribution in [0.3, 0.4) is 0 Å². The molecule has 0 aromatic heterocycles. The zero-order valence-electron chi connectivity index (χ0n) is 7.03. The van der Waals surface area contributed by atoms with Gasteiger partial charge in [-0.2, -0.15) is 0 Å². The average molecular weight is 160 g/mol. The van der Waals surface area contributed by atoms with E-state index >= 15 is 0 Å². The van der Waals surface area contributed by atoms with Crippen LogP contribution < -0.4 is 0 Å². The summed E-state index contributed by atoms with van der Waals surface area (Å²) in [6, 6.07) is 0. The van der Waals surface area contributed by atoms with Crippen LogP contribution in [0.2, 0.25) is 0 Å². The Bertz CT molecular complexity index is 127. The second-order valence-electron chi connectivity index (χ2n) is 3.38. The number of hydrogen-bond donors (Lipinski definition) is 2. The van der Waals surface area contributed by atoms with Gasteiger partial charge in [-0.15, -0.1) is 0 Å². The molecule has 0 amide bonds. The third-order valence-electron chi connectivity index (χ3n) is 2.43. The molecule has 11 heavy (non-hydrogen) atoms. The molecule has 0 spiro atoms. The third kappa shape index (κ3) is 1.72. The Morgan fingerprint density at radius 1 is 1.64 bits per heavy atom. The molecule has 2 N–H and O–H groups in total. The van der Waals surface area contributed by atoms with Gasteiger partial charge in [0, 0.05) is 18.4 Å². The van der Waals surface area contributed by atoms with Gasteiger partial charge in [0.25, 0.3) is 0 Å². The molecule has 4 atom stereocenters. The highest BCUT2D eigenvalue weighted by atomic mass is 16.5. The number of hydrogen-bond acceptors (Lipinski definition) is 3. The predicted molar refractivity (Wildman–Crippen MR) is 41.2 cm³/mol. The van der Waals surface area contributed by atoms with Crippen LogP contribution in [-0.4, -0.2) is 35.6 Å². The fourth-order valence-electron chi connectivity index (χ4n) is 1.52. The third-order valence-corrected chi connectivity index (χ3v) is 2.43. The number of aliphatic hydroxyl groups excluding tert-OH is 2. The largest absolute Gasteiger partial charge is 0.396 e. The smallest absolute Gasteiger partial charge is 0.0824 e. The normalized spacial score (nSPS) is 40.9. The molecule has 1 aliphatic heterocycles. The van der Waals surface area contributed by atoms with Crippen LogP contribution >= 0.6 is 0 Å². The molecule has 1 fully saturated rings. The van der Waals surface area contributed by atoms with Crippen LogP contribution in [0.5, 0.6) is 0 Å². The standard InChI is InChI=1S/C8H16O3/c1-5(3-9)8-6(2)7(10)4-11-8/h5-10H,3-4H2,1-2H3/t5-,6-,7+,8-/m1/s1. The highest BCUT2D eigenvalue weighted by Gasteiger charge is 2.35. The van der Waals surface area contributed by atoms with E-state index in [1.54, 1.807) is 0 Å². The van der Waals surface area contributed by atoms with E-state index in [-0.39, 0.29) is 30.7 Å². The summed E-state index contributed by atoms with van der Waals surface area (Å²) in [4.78, 5) is 0. The molecular weight excluding hydrogens is 144 g/mol. The lowest BCUT2D eigenvalue weighted by atomic mass is 9.92. The van der Waals surface area contributed by atoms with Gasteiger partial charge in [0.1, 0.15) is 0 Å². The van der Waals surface area contributed by atoms with E-state index in [1.807, 2.05) is 13.8 Å². The van der Waals surface area contributed by atoms with E-state index in [1.165, 1.54) is 0 Å². The average Bonchev–Trinajstić information content (AvgIpc) is 2.32. The first-order valence-electron chi connectivity index (χ1n) is 4.07. The van der Waals surface area contributed by atoms with Crippen LogP contribution in [0.1, 0.15) is 13.8 Å². The molecule has 0 bridgehead atoms. The highest BCUT2D eigenvalue weighted by Crippen LogP contribution is 2.26. The monoisotopic (exact) mass is 160 g/mol. The minimum atomic E-state index is -0.353. The van der Waals surface area contributed by atoms with Crippen LogP contribution in [0.25, 0.3) is 0 Å². The van der Waals surface area contributed by atoms with Crippen LogP contribution in [0, 0.1) is 11.8 Å². The summed E-state index contributed by atoms with van der Waals surface area (Å²) >= 11 is 0. The second kappa shape index (κ2) is 3.52. The van der Waals surface area contributed by atoms with Gasteiger partial charge in [-0.05, 0) is 0 Å². The van der Waals surface area contributed by atoms with E-state index in [2.05, 4.69) is 0 Å². The van der Waals surface area contributed by atoms with Crippen LogP contribution in [0.4, 0.5) is 0 Å². The predicted octanol–water partition coefficient (Wildman–Crippen LogP) is 0.0106. The Morgan fingerprint density at radius 2 is 2.27 bits per heavy atom.